The minimum absolute atomic E-state index is 0.333. The molecule has 92 valence electrons. The first-order valence-electron chi connectivity index (χ1n) is 5.64. The van der Waals surface area contributed by atoms with Gasteiger partial charge in [-0.05, 0) is 19.1 Å². The highest BCUT2D eigenvalue weighted by atomic mass is 16.5. The lowest BCUT2D eigenvalue weighted by Crippen LogP contribution is -2.02. The molecule has 1 rings (SSSR count). The Morgan fingerprint density at radius 2 is 2.35 bits per heavy atom. The van der Waals surface area contributed by atoms with Crippen molar-refractivity contribution < 1.29 is 14.3 Å². The van der Waals surface area contributed by atoms with Crippen LogP contribution in [0, 0.1) is 0 Å². The average Bonchev–Trinajstić information content (AvgIpc) is 2.35. The van der Waals surface area contributed by atoms with E-state index in [0.717, 1.165) is 12.1 Å². The highest BCUT2D eigenvalue weighted by molar-refractivity contribution is 5.81. The van der Waals surface area contributed by atoms with E-state index in [9.17, 15) is 4.79 Å². The molecule has 4 nitrogen and oxygen atoms in total. The van der Waals surface area contributed by atoms with Crippen LogP contribution < -0.4 is 0 Å². The zero-order valence-corrected chi connectivity index (χ0v) is 9.96. The van der Waals surface area contributed by atoms with Crippen molar-refractivity contribution in [2.75, 3.05) is 19.8 Å². The van der Waals surface area contributed by atoms with Crippen molar-refractivity contribution in [3.63, 3.8) is 0 Å². The second-order valence-corrected chi connectivity index (χ2v) is 3.30. The number of carbonyl (C=O) groups excluding carboxylic acids is 1. The van der Waals surface area contributed by atoms with Crippen molar-refractivity contribution in [1.82, 2.24) is 4.98 Å². The maximum atomic E-state index is 10.9. The molecule has 0 spiro atoms. The van der Waals surface area contributed by atoms with Crippen molar-refractivity contribution in [3.05, 3.63) is 42.2 Å². The van der Waals surface area contributed by atoms with Gasteiger partial charge in [-0.3, -0.25) is 4.98 Å². The van der Waals surface area contributed by atoms with Gasteiger partial charge in [0.2, 0.25) is 0 Å². The highest BCUT2D eigenvalue weighted by Crippen LogP contribution is 1.95. The van der Waals surface area contributed by atoms with E-state index in [4.69, 9.17) is 9.47 Å². The van der Waals surface area contributed by atoms with Crippen molar-refractivity contribution >= 4 is 5.97 Å². The van der Waals surface area contributed by atoms with Gasteiger partial charge in [-0.15, -0.1) is 0 Å². The third kappa shape index (κ3) is 6.48. The van der Waals surface area contributed by atoms with Crippen LogP contribution in [0.2, 0.25) is 0 Å². The van der Waals surface area contributed by atoms with Gasteiger partial charge >= 0.3 is 5.97 Å². The smallest absolute Gasteiger partial charge is 0.330 e. The molecule has 1 heterocycles. The van der Waals surface area contributed by atoms with Gasteiger partial charge in [-0.1, -0.05) is 12.1 Å². The van der Waals surface area contributed by atoms with Gasteiger partial charge in [0.25, 0.3) is 0 Å². The van der Waals surface area contributed by atoms with E-state index in [0.29, 0.717) is 19.8 Å². The van der Waals surface area contributed by atoms with E-state index in [1.54, 1.807) is 19.2 Å². The number of pyridine rings is 1. The van der Waals surface area contributed by atoms with Gasteiger partial charge in [-0.2, -0.15) is 0 Å². The Kier molecular flexibility index (Phi) is 6.67. The predicted octanol–water partition coefficient (Wildman–Crippen LogP) is 1.76. The van der Waals surface area contributed by atoms with Crippen LogP contribution in [0.4, 0.5) is 0 Å². The average molecular weight is 235 g/mol. The summed E-state index contributed by atoms with van der Waals surface area (Å²) >= 11 is 0. The number of ether oxygens (including phenoxy) is 2. The lowest BCUT2D eigenvalue weighted by molar-refractivity contribution is -0.137. The molecule has 0 saturated heterocycles. The van der Waals surface area contributed by atoms with E-state index in [1.807, 2.05) is 18.2 Å². The Balaban J connectivity index is 2.07. The summed E-state index contributed by atoms with van der Waals surface area (Å²) in [6.45, 7) is 3.16. The molecule has 0 radical (unpaired) electrons. The number of rotatable bonds is 7. The van der Waals surface area contributed by atoms with Crippen LogP contribution in [0.3, 0.4) is 0 Å². The molecule has 17 heavy (non-hydrogen) atoms. The normalized spacial score (nSPS) is 10.6. The molecule has 1 aromatic heterocycles. The summed E-state index contributed by atoms with van der Waals surface area (Å²) in [5.41, 5.74) is 1.00. The summed E-state index contributed by atoms with van der Waals surface area (Å²) in [5, 5.41) is 0. The van der Waals surface area contributed by atoms with E-state index >= 15 is 0 Å². The lowest BCUT2D eigenvalue weighted by atomic mass is 10.3. The summed E-state index contributed by atoms with van der Waals surface area (Å²) in [6.07, 6.45) is 5.56. The molecule has 0 N–H and O–H groups in total. The molecule has 4 heteroatoms. The number of hydrogen-bond acceptors (Lipinski definition) is 4. The number of hydrogen-bond donors (Lipinski definition) is 0. The second kappa shape index (κ2) is 8.47. The summed E-state index contributed by atoms with van der Waals surface area (Å²) < 4.78 is 10.1. The Hall–Kier alpha value is -1.68. The highest BCUT2D eigenvalue weighted by Gasteiger charge is 1.94. The SMILES string of the molecule is CCOC(=O)/C=C/COCCc1ccccn1. The third-order valence-corrected chi connectivity index (χ3v) is 1.98. The number of esters is 1. The van der Waals surface area contributed by atoms with Crippen LogP contribution in [-0.4, -0.2) is 30.8 Å². The lowest BCUT2D eigenvalue weighted by Gasteiger charge is -2.00. The van der Waals surface area contributed by atoms with Crippen LogP contribution in [-0.2, 0) is 20.7 Å². The van der Waals surface area contributed by atoms with E-state index in [2.05, 4.69) is 4.98 Å². The third-order valence-electron chi connectivity index (χ3n) is 1.98. The van der Waals surface area contributed by atoms with Gasteiger partial charge in [0.15, 0.2) is 0 Å². The molecule has 0 aromatic carbocycles. The Morgan fingerprint density at radius 1 is 1.47 bits per heavy atom. The van der Waals surface area contributed by atoms with Gasteiger partial charge in [0, 0.05) is 24.4 Å². The van der Waals surface area contributed by atoms with Crippen LogP contribution in [0.15, 0.2) is 36.5 Å². The van der Waals surface area contributed by atoms with Gasteiger partial charge in [0.05, 0.1) is 19.8 Å². The van der Waals surface area contributed by atoms with E-state index in [1.165, 1.54) is 6.08 Å². The van der Waals surface area contributed by atoms with Crippen molar-refractivity contribution in [3.8, 4) is 0 Å². The molecule has 0 bridgehead atoms. The van der Waals surface area contributed by atoms with Gasteiger partial charge in [-0.25, -0.2) is 4.79 Å². The molecule has 0 aliphatic carbocycles. The molecule has 0 saturated carbocycles. The largest absolute Gasteiger partial charge is 0.463 e. The van der Waals surface area contributed by atoms with E-state index in [-0.39, 0.29) is 5.97 Å². The van der Waals surface area contributed by atoms with Crippen LogP contribution in [0.1, 0.15) is 12.6 Å². The van der Waals surface area contributed by atoms with Gasteiger partial charge < -0.3 is 9.47 Å². The van der Waals surface area contributed by atoms with Crippen molar-refractivity contribution in [1.29, 1.82) is 0 Å². The second-order valence-electron chi connectivity index (χ2n) is 3.30. The van der Waals surface area contributed by atoms with Crippen LogP contribution in [0.25, 0.3) is 0 Å². The molecule has 0 aliphatic heterocycles. The monoisotopic (exact) mass is 235 g/mol. The van der Waals surface area contributed by atoms with Crippen molar-refractivity contribution in [2.24, 2.45) is 0 Å². The quantitative estimate of drug-likeness (QED) is 0.410. The first-order chi connectivity index (χ1) is 8.33. The molecule has 0 atom stereocenters. The number of carbonyl (C=O) groups is 1. The molecular weight excluding hydrogens is 218 g/mol. The van der Waals surface area contributed by atoms with Gasteiger partial charge in [0.1, 0.15) is 0 Å². The minimum Gasteiger partial charge on any atom is -0.463 e. The summed E-state index contributed by atoms with van der Waals surface area (Å²) in [6, 6.07) is 5.78. The van der Waals surface area contributed by atoms with Crippen molar-refractivity contribution in [2.45, 2.75) is 13.3 Å². The molecule has 0 fully saturated rings. The fraction of sp³-hybridized carbons (Fsp3) is 0.385. The molecule has 0 aliphatic rings. The molecule has 0 unspecified atom stereocenters. The first-order valence-corrected chi connectivity index (χ1v) is 5.64. The Labute approximate surface area is 101 Å². The Morgan fingerprint density at radius 3 is 3.06 bits per heavy atom. The summed E-state index contributed by atoms with van der Waals surface area (Å²) in [7, 11) is 0. The topological polar surface area (TPSA) is 48.4 Å². The predicted molar refractivity (Wildman–Crippen MR) is 64.5 cm³/mol. The molecular formula is C13H17NO3. The first kappa shape index (κ1) is 13.4. The maximum Gasteiger partial charge on any atom is 0.330 e. The Bertz CT molecular complexity index is 349. The zero-order chi connectivity index (χ0) is 12.3. The number of aromatic nitrogens is 1. The zero-order valence-electron chi connectivity index (χ0n) is 9.96. The van der Waals surface area contributed by atoms with Crippen LogP contribution in [0.5, 0.6) is 0 Å². The fourth-order valence-electron chi connectivity index (χ4n) is 1.21. The minimum atomic E-state index is -0.333. The van der Waals surface area contributed by atoms with Crippen LogP contribution >= 0.6 is 0 Å². The molecule has 0 amide bonds. The summed E-state index contributed by atoms with van der Waals surface area (Å²) in [5.74, 6) is -0.333. The maximum absolute atomic E-state index is 10.9. The standard InChI is InChI=1S/C13H17NO3/c1-2-17-13(15)7-5-10-16-11-8-12-6-3-4-9-14-12/h3-7,9H,2,8,10-11H2,1H3/b7-5+. The summed E-state index contributed by atoms with van der Waals surface area (Å²) in [4.78, 5) is 15.1. The number of nitrogens with zero attached hydrogens (tertiary/aromatic N) is 1. The molecule has 1 aromatic rings. The van der Waals surface area contributed by atoms with E-state index < -0.39 is 0 Å². The fourth-order valence-corrected chi connectivity index (χ4v) is 1.21.